The quantitative estimate of drug-likeness (QED) is 0.425. The third-order valence-corrected chi connectivity index (χ3v) is 6.48. The third-order valence-electron chi connectivity index (χ3n) is 6.48. The van der Waals surface area contributed by atoms with Gasteiger partial charge in [0.25, 0.3) is 0 Å². The highest BCUT2D eigenvalue weighted by atomic mass is 16.4. The number of carboxylic acids is 1. The van der Waals surface area contributed by atoms with Gasteiger partial charge in [0, 0.05) is 55.4 Å². The first kappa shape index (κ1) is 20.4. The molecule has 3 aromatic carbocycles. The number of anilines is 1. The van der Waals surface area contributed by atoms with Gasteiger partial charge in [-0.1, -0.05) is 42.5 Å². The lowest BCUT2D eigenvalue weighted by Crippen LogP contribution is -2.43. The van der Waals surface area contributed by atoms with Crippen molar-refractivity contribution in [3.05, 3.63) is 84.8 Å². The van der Waals surface area contributed by atoms with Crippen molar-refractivity contribution in [3.63, 3.8) is 0 Å². The molecule has 0 radical (unpaired) electrons. The predicted molar refractivity (Wildman–Crippen MR) is 133 cm³/mol. The normalized spacial score (nSPS) is 14.1. The van der Waals surface area contributed by atoms with Crippen LogP contribution in [0.5, 0.6) is 0 Å². The van der Waals surface area contributed by atoms with E-state index in [9.17, 15) is 9.90 Å². The lowest BCUT2D eigenvalue weighted by molar-refractivity contribution is 0.0699. The summed E-state index contributed by atoms with van der Waals surface area (Å²) in [6.07, 6.45) is 5.65. The van der Waals surface area contributed by atoms with Crippen LogP contribution < -0.4 is 10.2 Å². The molecule has 1 aliphatic rings. The first-order chi connectivity index (χ1) is 16.7. The van der Waals surface area contributed by atoms with Crippen molar-refractivity contribution in [2.45, 2.75) is 0 Å². The molecule has 1 saturated heterocycles. The van der Waals surface area contributed by atoms with Crippen molar-refractivity contribution in [1.29, 1.82) is 0 Å². The Morgan fingerprint density at radius 3 is 2.38 bits per heavy atom. The van der Waals surface area contributed by atoms with Gasteiger partial charge >= 0.3 is 5.97 Å². The van der Waals surface area contributed by atoms with Crippen LogP contribution in [0.25, 0.3) is 38.7 Å². The van der Waals surface area contributed by atoms with Crippen molar-refractivity contribution in [2.75, 3.05) is 31.1 Å². The van der Waals surface area contributed by atoms with E-state index in [1.807, 2.05) is 42.7 Å². The smallest absolute Gasteiger partial charge is 0.336 e. The van der Waals surface area contributed by atoms with Gasteiger partial charge in [-0.3, -0.25) is 0 Å². The predicted octanol–water partition coefficient (Wildman–Crippen LogP) is 4.32. The van der Waals surface area contributed by atoms with E-state index in [1.54, 1.807) is 16.8 Å². The topological polar surface area (TPSA) is 82.8 Å². The number of nitrogens with zero attached hydrogens (tertiary/aromatic N) is 4. The number of nitrogens with one attached hydrogen (secondary N) is 1. The fourth-order valence-electron chi connectivity index (χ4n) is 4.72. The number of piperazine rings is 1. The number of benzene rings is 3. The molecule has 34 heavy (non-hydrogen) atoms. The number of carbonyl (C=O) groups is 1. The van der Waals surface area contributed by atoms with Crippen molar-refractivity contribution >= 4 is 28.1 Å². The molecule has 0 aliphatic carbocycles. The fourth-order valence-corrected chi connectivity index (χ4v) is 4.72. The molecule has 1 fully saturated rings. The van der Waals surface area contributed by atoms with Crippen LogP contribution in [0.4, 0.5) is 5.69 Å². The molecule has 5 aromatic rings. The van der Waals surface area contributed by atoms with Crippen LogP contribution in [-0.2, 0) is 0 Å². The van der Waals surface area contributed by atoms with E-state index in [-0.39, 0.29) is 5.56 Å². The van der Waals surface area contributed by atoms with E-state index in [1.165, 1.54) is 5.69 Å². The van der Waals surface area contributed by atoms with Crippen molar-refractivity contribution < 1.29 is 9.90 Å². The van der Waals surface area contributed by atoms with Gasteiger partial charge in [0.1, 0.15) is 0 Å². The summed E-state index contributed by atoms with van der Waals surface area (Å²) in [6, 6.07) is 19.6. The Morgan fingerprint density at radius 2 is 1.62 bits per heavy atom. The lowest BCUT2D eigenvalue weighted by Gasteiger charge is -2.29. The number of aromatic nitrogens is 3. The molecule has 0 spiro atoms. The van der Waals surface area contributed by atoms with Crippen LogP contribution in [0.15, 0.2) is 79.3 Å². The maximum absolute atomic E-state index is 11.7. The molecule has 2 aromatic heterocycles. The zero-order chi connectivity index (χ0) is 23.1. The van der Waals surface area contributed by atoms with Gasteiger partial charge in [0.05, 0.1) is 11.8 Å². The number of carboxylic acid groups (broad SMARTS) is 1. The van der Waals surface area contributed by atoms with Crippen LogP contribution in [0.1, 0.15) is 10.4 Å². The zero-order valence-electron chi connectivity index (χ0n) is 18.5. The third kappa shape index (κ3) is 3.47. The Morgan fingerprint density at radius 1 is 0.853 bits per heavy atom. The summed E-state index contributed by atoms with van der Waals surface area (Å²) in [5, 5.41) is 19.1. The van der Waals surface area contributed by atoms with Gasteiger partial charge in [-0.15, -0.1) is 0 Å². The molecule has 0 saturated carbocycles. The van der Waals surface area contributed by atoms with E-state index in [0.717, 1.165) is 59.5 Å². The molecule has 3 heterocycles. The molecule has 0 amide bonds. The number of rotatable bonds is 4. The highest BCUT2D eigenvalue weighted by Gasteiger charge is 2.16. The maximum Gasteiger partial charge on any atom is 0.336 e. The SMILES string of the molecule is O=C(O)c1ccc(-c2cnn3cc(-c4ccc(N5CCNCC5)cc4)cnc23)c2ccccc12. The monoisotopic (exact) mass is 449 g/mol. The number of hydrogen-bond donors (Lipinski definition) is 2. The summed E-state index contributed by atoms with van der Waals surface area (Å²) in [4.78, 5) is 18.8. The van der Waals surface area contributed by atoms with Crippen LogP contribution in [-0.4, -0.2) is 51.9 Å². The van der Waals surface area contributed by atoms with E-state index in [4.69, 9.17) is 4.98 Å². The maximum atomic E-state index is 11.7. The highest BCUT2D eigenvalue weighted by Crippen LogP contribution is 2.33. The molecule has 0 bridgehead atoms. The number of fused-ring (bicyclic) bond motifs is 2. The summed E-state index contributed by atoms with van der Waals surface area (Å²) in [6.45, 7) is 4.06. The standard InChI is InChI=1S/C27H23N5O2/c33-27(34)24-10-9-23(21-3-1-2-4-22(21)24)25-16-30-32-17-19(15-29-26(25)32)18-5-7-20(8-6-18)31-13-11-28-12-14-31/h1-10,15-17,28H,11-14H2,(H,33,34). The molecule has 0 unspecified atom stereocenters. The van der Waals surface area contributed by atoms with Crippen LogP contribution >= 0.6 is 0 Å². The van der Waals surface area contributed by atoms with Crippen molar-refractivity contribution in [3.8, 4) is 22.3 Å². The van der Waals surface area contributed by atoms with Gasteiger partial charge in [0.2, 0.25) is 0 Å². The first-order valence-corrected chi connectivity index (χ1v) is 11.3. The minimum absolute atomic E-state index is 0.287. The highest BCUT2D eigenvalue weighted by molar-refractivity contribution is 6.09. The second-order valence-electron chi connectivity index (χ2n) is 8.46. The van der Waals surface area contributed by atoms with Crippen LogP contribution in [0.2, 0.25) is 0 Å². The average molecular weight is 450 g/mol. The largest absolute Gasteiger partial charge is 0.478 e. The van der Waals surface area contributed by atoms with E-state index in [2.05, 4.69) is 39.6 Å². The van der Waals surface area contributed by atoms with Crippen LogP contribution in [0, 0.1) is 0 Å². The molecule has 2 N–H and O–H groups in total. The fraction of sp³-hybridized carbons (Fsp3) is 0.148. The van der Waals surface area contributed by atoms with Gasteiger partial charge in [-0.2, -0.15) is 5.10 Å². The summed E-state index contributed by atoms with van der Waals surface area (Å²) in [5.41, 5.74) is 6.11. The molecule has 0 atom stereocenters. The Labute approximate surface area is 196 Å². The molecular weight excluding hydrogens is 426 g/mol. The Kier molecular flexibility index (Phi) is 4.96. The molecule has 168 valence electrons. The minimum Gasteiger partial charge on any atom is -0.478 e. The first-order valence-electron chi connectivity index (χ1n) is 11.3. The molecule has 6 rings (SSSR count). The molecule has 1 aliphatic heterocycles. The van der Waals surface area contributed by atoms with Gasteiger partial charge in [0.15, 0.2) is 5.65 Å². The van der Waals surface area contributed by atoms with Gasteiger partial charge < -0.3 is 15.3 Å². The zero-order valence-corrected chi connectivity index (χ0v) is 18.5. The van der Waals surface area contributed by atoms with E-state index < -0.39 is 5.97 Å². The number of aromatic carboxylic acids is 1. The summed E-state index contributed by atoms with van der Waals surface area (Å²) >= 11 is 0. The Bertz CT molecular complexity index is 1520. The van der Waals surface area contributed by atoms with Gasteiger partial charge in [-0.05, 0) is 40.1 Å². The molecule has 7 nitrogen and oxygen atoms in total. The van der Waals surface area contributed by atoms with E-state index in [0.29, 0.717) is 5.39 Å². The van der Waals surface area contributed by atoms with Crippen molar-refractivity contribution in [2.24, 2.45) is 0 Å². The molecular formula is C27H23N5O2. The lowest BCUT2D eigenvalue weighted by atomic mass is 9.96. The summed E-state index contributed by atoms with van der Waals surface area (Å²) < 4.78 is 1.79. The van der Waals surface area contributed by atoms with E-state index >= 15 is 0 Å². The average Bonchev–Trinajstić information content (AvgIpc) is 3.31. The van der Waals surface area contributed by atoms with Crippen LogP contribution in [0.3, 0.4) is 0 Å². The second kappa shape index (κ2) is 8.28. The molecule has 7 heteroatoms. The second-order valence-corrected chi connectivity index (χ2v) is 8.46. The number of hydrogen-bond acceptors (Lipinski definition) is 5. The summed E-state index contributed by atoms with van der Waals surface area (Å²) in [7, 11) is 0. The minimum atomic E-state index is -0.937. The Balaban J connectivity index is 1.37. The Hall–Kier alpha value is -4.23. The van der Waals surface area contributed by atoms with Crippen molar-refractivity contribution in [1.82, 2.24) is 19.9 Å². The summed E-state index contributed by atoms with van der Waals surface area (Å²) in [5.74, 6) is -0.937. The van der Waals surface area contributed by atoms with Gasteiger partial charge in [-0.25, -0.2) is 14.3 Å².